The van der Waals surface area contributed by atoms with Gasteiger partial charge in [0.05, 0.1) is 0 Å². The molecule has 0 atom stereocenters. The van der Waals surface area contributed by atoms with Crippen LogP contribution in [0.5, 0.6) is 0 Å². The van der Waals surface area contributed by atoms with E-state index in [0.717, 1.165) is 11.1 Å². The summed E-state index contributed by atoms with van der Waals surface area (Å²) in [4.78, 5) is 0. The lowest BCUT2D eigenvalue weighted by molar-refractivity contribution is 1.27. The molecule has 0 N–H and O–H groups in total. The maximum Gasteiger partial charge on any atom is 0.0249 e. The van der Waals surface area contributed by atoms with Crippen LogP contribution in [-0.4, -0.2) is 0 Å². The van der Waals surface area contributed by atoms with Crippen LogP contribution in [-0.2, 0) is 0 Å². The van der Waals surface area contributed by atoms with E-state index in [-0.39, 0.29) is 0 Å². The average Bonchev–Trinajstić information content (AvgIpc) is 2.59. The van der Waals surface area contributed by atoms with Gasteiger partial charge in [0.1, 0.15) is 0 Å². The van der Waals surface area contributed by atoms with Crippen LogP contribution in [0.15, 0.2) is 60.7 Å². The van der Waals surface area contributed by atoms with Gasteiger partial charge in [-0.2, -0.15) is 0 Å². The highest BCUT2D eigenvalue weighted by Crippen LogP contribution is 2.25. The van der Waals surface area contributed by atoms with Crippen LogP contribution in [0.25, 0.3) is 11.1 Å². The molecular weight excluding hydrogens is 288 g/mol. The van der Waals surface area contributed by atoms with Crippen molar-refractivity contribution in [3.63, 3.8) is 0 Å². The Hall–Kier alpha value is -2.78. The Kier molecular flexibility index (Phi) is 4.54. The second kappa shape index (κ2) is 6.77. The molecule has 24 heavy (non-hydrogen) atoms. The summed E-state index contributed by atoms with van der Waals surface area (Å²) >= 11 is 0. The molecule has 0 aliphatic rings. The van der Waals surface area contributed by atoms with Crippen LogP contribution in [0.3, 0.4) is 0 Å². The second-order valence-corrected chi connectivity index (χ2v) is 6.43. The van der Waals surface area contributed by atoms with Gasteiger partial charge in [0.15, 0.2) is 0 Å². The molecule has 0 aromatic heterocycles. The summed E-state index contributed by atoms with van der Waals surface area (Å²) in [6, 6.07) is 21.3. The first kappa shape index (κ1) is 16.1. The fourth-order valence-corrected chi connectivity index (χ4v) is 2.73. The zero-order valence-electron chi connectivity index (χ0n) is 14.8. The molecule has 3 rings (SSSR count). The Balaban J connectivity index is 1.85. The van der Waals surface area contributed by atoms with Crippen molar-refractivity contribution < 1.29 is 0 Å². The third kappa shape index (κ3) is 3.58. The van der Waals surface area contributed by atoms with Gasteiger partial charge in [0.2, 0.25) is 0 Å². The highest BCUT2D eigenvalue weighted by molar-refractivity contribution is 5.67. The molecule has 3 aromatic carbocycles. The summed E-state index contributed by atoms with van der Waals surface area (Å²) in [6.45, 7) is 8.61. The summed E-state index contributed by atoms with van der Waals surface area (Å²) in [7, 11) is 0. The van der Waals surface area contributed by atoms with E-state index >= 15 is 0 Å². The van der Waals surface area contributed by atoms with E-state index in [2.05, 4.69) is 100 Å². The topological polar surface area (TPSA) is 0 Å². The van der Waals surface area contributed by atoms with Crippen LogP contribution in [0.4, 0.5) is 0 Å². The summed E-state index contributed by atoms with van der Waals surface area (Å²) < 4.78 is 0. The number of hydrogen-bond donors (Lipinski definition) is 0. The zero-order chi connectivity index (χ0) is 17.1. The van der Waals surface area contributed by atoms with Crippen LogP contribution >= 0.6 is 0 Å². The van der Waals surface area contributed by atoms with Crippen LogP contribution in [0.1, 0.15) is 33.4 Å². The summed E-state index contributed by atoms with van der Waals surface area (Å²) in [5, 5.41) is 0. The minimum absolute atomic E-state index is 1.04. The van der Waals surface area contributed by atoms with Crippen molar-refractivity contribution in [1.29, 1.82) is 0 Å². The fraction of sp³-hybridized carbons (Fsp3) is 0.167. The first-order chi connectivity index (χ1) is 11.5. The first-order valence-electron chi connectivity index (χ1n) is 8.30. The van der Waals surface area contributed by atoms with E-state index in [1.165, 1.54) is 33.4 Å². The quantitative estimate of drug-likeness (QED) is 0.484. The predicted molar refractivity (Wildman–Crippen MR) is 103 cm³/mol. The molecule has 0 amide bonds. The van der Waals surface area contributed by atoms with E-state index in [4.69, 9.17) is 0 Å². The van der Waals surface area contributed by atoms with Gasteiger partial charge in [-0.05, 0) is 79.8 Å². The predicted octanol–water partition coefficient (Wildman–Crippen LogP) is 5.99. The maximum atomic E-state index is 3.24. The van der Waals surface area contributed by atoms with E-state index in [9.17, 15) is 0 Å². The molecule has 0 radical (unpaired) electrons. The van der Waals surface area contributed by atoms with Crippen molar-refractivity contribution in [3.8, 4) is 23.0 Å². The fourth-order valence-electron chi connectivity index (χ4n) is 2.73. The molecule has 0 aliphatic heterocycles. The van der Waals surface area contributed by atoms with E-state index in [1.54, 1.807) is 0 Å². The summed E-state index contributed by atoms with van der Waals surface area (Å²) in [5.41, 5.74) is 9.92. The third-order valence-corrected chi connectivity index (χ3v) is 4.55. The minimum atomic E-state index is 1.04. The maximum absolute atomic E-state index is 3.24. The Morgan fingerprint density at radius 2 is 1.00 bits per heavy atom. The van der Waals surface area contributed by atoms with Crippen molar-refractivity contribution in [3.05, 3.63) is 94.0 Å². The minimum Gasteiger partial charge on any atom is -0.0617 e. The van der Waals surface area contributed by atoms with Gasteiger partial charge in [-0.3, -0.25) is 0 Å². The van der Waals surface area contributed by atoms with Crippen LogP contribution in [0, 0.1) is 39.5 Å². The highest BCUT2D eigenvalue weighted by Gasteiger charge is 2.03. The molecule has 0 saturated heterocycles. The molecule has 0 unspecified atom stereocenters. The monoisotopic (exact) mass is 310 g/mol. The molecule has 0 nitrogen and oxygen atoms in total. The number of aryl methyl sites for hydroxylation is 3. The number of rotatable bonds is 1. The molecule has 0 fully saturated rings. The Morgan fingerprint density at radius 1 is 0.542 bits per heavy atom. The standard InChI is InChI=1S/C24H22/c1-17-5-7-21(8-6-17)9-10-22-11-13-23(14-12-22)24-15-18(2)20(4)19(3)16-24/h5-8,11-16H,1-4H3. The highest BCUT2D eigenvalue weighted by atomic mass is 14.1. The Labute approximate surface area is 145 Å². The van der Waals surface area contributed by atoms with Crippen molar-refractivity contribution in [2.24, 2.45) is 0 Å². The van der Waals surface area contributed by atoms with Gasteiger partial charge in [0.25, 0.3) is 0 Å². The smallest absolute Gasteiger partial charge is 0.0249 e. The van der Waals surface area contributed by atoms with Crippen molar-refractivity contribution in [1.82, 2.24) is 0 Å². The van der Waals surface area contributed by atoms with Gasteiger partial charge >= 0.3 is 0 Å². The molecule has 0 aliphatic carbocycles. The molecule has 0 heteroatoms. The molecular formula is C24H22. The summed E-state index contributed by atoms with van der Waals surface area (Å²) in [6.07, 6.45) is 0. The lowest BCUT2D eigenvalue weighted by Gasteiger charge is -2.09. The first-order valence-corrected chi connectivity index (χ1v) is 8.30. The Bertz CT molecular complexity index is 892. The second-order valence-electron chi connectivity index (χ2n) is 6.43. The molecule has 0 spiro atoms. The van der Waals surface area contributed by atoms with Crippen molar-refractivity contribution in [2.45, 2.75) is 27.7 Å². The van der Waals surface area contributed by atoms with Crippen molar-refractivity contribution in [2.75, 3.05) is 0 Å². The van der Waals surface area contributed by atoms with Crippen molar-refractivity contribution >= 4 is 0 Å². The largest absolute Gasteiger partial charge is 0.0617 e. The molecule has 0 saturated carbocycles. The lowest BCUT2D eigenvalue weighted by atomic mass is 9.96. The van der Waals surface area contributed by atoms with E-state index in [1.807, 2.05) is 0 Å². The van der Waals surface area contributed by atoms with Gasteiger partial charge in [-0.15, -0.1) is 0 Å². The van der Waals surface area contributed by atoms with Crippen LogP contribution in [0.2, 0.25) is 0 Å². The van der Waals surface area contributed by atoms with Gasteiger partial charge < -0.3 is 0 Å². The molecule has 3 aromatic rings. The van der Waals surface area contributed by atoms with Gasteiger partial charge in [0, 0.05) is 11.1 Å². The SMILES string of the molecule is Cc1ccc(C#Cc2ccc(-c3cc(C)c(C)c(C)c3)cc2)cc1. The normalized spacial score (nSPS) is 10.2. The third-order valence-electron chi connectivity index (χ3n) is 4.55. The van der Waals surface area contributed by atoms with Gasteiger partial charge in [-0.25, -0.2) is 0 Å². The van der Waals surface area contributed by atoms with Gasteiger partial charge in [-0.1, -0.05) is 53.8 Å². The number of benzene rings is 3. The molecule has 118 valence electrons. The zero-order valence-corrected chi connectivity index (χ0v) is 14.8. The van der Waals surface area contributed by atoms with E-state index < -0.39 is 0 Å². The van der Waals surface area contributed by atoms with Crippen LogP contribution < -0.4 is 0 Å². The molecule has 0 bridgehead atoms. The Morgan fingerprint density at radius 3 is 1.50 bits per heavy atom. The average molecular weight is 310 g/mol. The number of hydrogen-bond acceptors (Lipinski definition) is 0. The lowest BCUT2D eigenvalue weighted by Crippen LogP contribution is -1.89. The van der Waals surface area contributed by atoms with E-state index in [0.29, 0.717) is 0 Å². The summed E-state index contributed by atoms with van der Waals surface area (Å²) in [5.74, 6) is 6.46. The molecule has 0 heterocycles.